The summed E-state index contributed by atoms with van der Waals surface area (Å²) in [5, 5.41) is 12.1. The van der Waals surface area contributed by atoms with Crippen LogP contribution in [0.5, 0.6) is 0 Å². The molecule has 2 fully saturated rings. The Morgan fingerprint density at radius 2 is 1.56 bits per heavy atom. The molecule has 0 unspecified atom stereocenters. The van der Waals surface area contributed by atoms with Gasteiger partial charge in [0.25, 0.3) is 0 Å². The fourth-order valence-corrected chi connectivity index (χ4v) is 4.36. The Labute approximate surface area is 196 Å². The highest BCUT2D eigenvalue weighted by atomic mass is 19.1. The van der Waals surface area contributed by atoms with Crippen LogP contribution in [0.4, 0.5) is 27.4 Å². The van der Waals surface area contributed by atoms with Gasteiger partial charge in [0.1, 0.15) is 12.1 Å². The standard InChI is InChI=1S/C22H28FN7O4/c1-2-34-19(31)15-26-7-9-28(10-8-26)21-20(30(32)33)22(25-16-24-21)29-13-11-27(12-14-29)18-6-4-3-5-17(18)23/h3-6,16H,2,7-15H2,1H3. The van der Waals surface area contributed by atoms with Gasteiger partial charge in [0.05, 0.1) is 23.8 Å². The lowest BCUT2D eigenvalue weighted by atomic mass is 10.2. The normalized spacial score (nSPS) is 17.1. The van der Waals surface area contributed by atoms with E-state index in [2.05, 4.69) is 9.97 Å². The van der Waals surface area contributed by atoms with Crippen LogP contribution >= 0.6 is 0 Å². The Kier molecular flexibility index (Phi) is 7.36. The summed E-state index contributed by atoms with van der Waals surface area (Å²) < 4.78 is 19.2. The zero-order valence-electron chi connectivity index (χ0n) is 19.1. The number of nitrogens with zero attached hydrogens (tertiary/aromatic N) is 7. The second-order valence-electron chi connectivity index (χ2n) is 8.12. The number of para-hydroxylation sites is 1. The molecule has 0 bridgehead atoms. The molecule has 0 aliphatic carbocycles. The molecule has 2 aliphatic rings. The minimum absolute atomic E-state index is 0.124. The lowest BCUT2D eigenvalue weighted by molar-refractivity contribution is -0.383. The van der Waals surface area contributed by atoms with Gasteiger partial charge < -0.3 is 19.4 Å². The summed E-state index contributed by atoms with van der Waals surface area (Å²) in [7, 11) is 0. The minimum Gasteiger partial charge on any atom is -0.465 e. The van der Waals surface area contributed by atoms with Crippen molar-refractivity contribution in [1.82, 2.24) is 14.9 Å². The van der Waals surface area contributed by atoms with Crippen molar-refractivity contribution in [3.63, 3.8) is 0 Å². The van der Waals surface area contributed by atoms with Crippen molar-refractivity contribution in [2.45, 2.75) is 6.92 Å². The van der Waals surface area contributed by atoms with E-state index in [1.807, 2.05) is 19.6 Å². The van der Waals surface area contributed by atoms with E-state index in [-0.39, 0.29) is 35.7 Å². The molecule has 0 radical (unpaired) electrons. The summed E-state index contributed by atoms with van der Waals surface area (Å²) in [4.78, 5) is 39.5. The zero-order chi connectivity index (χ0) is 24.1. The van der Waals surface area contributed by atoms with Gasteiger partial charge in [0.2, 0.25) is 11.6 Å². The maximum atomic E-state index is 14.2. The van der Waals surface area contributed by atoms with E-state index in [4.69, 9.17) is 4.74 Å². The molecule has 4 rings (SSSR count). The molecule has 0 atom stereocenters. The number of aromatic nitrogens is 2. The largest absolute Gasteiger partial charge is 0.465 e. The molecule has 2 saturated heterocycles. The number of hydrogen-bond acceptors (Lipinski definition) is 10. The molecule has 2 aliphatic heterocycles. The van der Waals surface area contributed by atoms with Crippen LogP contribution in [0.2, 0.25) is 0 Å². The number of carbonyl (C=O) groups is 1. The number of esters is 1. The number of ether oxygens (including phenoxy) is 1. The summed E-state index contributed by atoms with van der Waals surface area (Å²) in [6.45, 7) is 6.41. The third kappa shape index (κ3) is 5.16. The molecular formula is C22H28FN7O4. The predicted octanol–water partition coefficient (Wildman–Crippen LogP) is 1.54. The minimum atomic E-state index is -0.432. The van der Waals surface area contributed by atoms with E-state index in [1.54, 1.807) is 25.1 Å². The number of nitro groups is 1. The summed E-state index contributed by atoms with van der Waals surface area (Å²) in [6, 6.07) is 6.60. The average molecular weight is 474 g/mol. The van der Waals surface area contributed by atoms with Crippen molar-refractivity contribution in [1.29, 1.82) is 0 Å². The fraction of sp³-hybridized carbons (Fsp3) is 0.500. The lowest BCUT2D eigenvalue weighted by Crippen LogP contribution is -2.49. The highest BCUT2D eigenvalue weighted by Crippen LogP contribution is 2.35. The van der Waals surface area contributed by atoms with Crippen molar-refractivity contribution < 1.29 is 18.8 Å². The molecule has 3 heterocycles. The number of rotatable bonds is 7. The van der Waals surface area contributed by atoms with Gasteiger partial charge >= 0.3 is 11.7 Å². The van der Waals surface area contributed by atoms with Gasteiger partial charge in [0.15, 0.2) is 0 Å². The molecule has 0 spiro atoms. The molecule has 1 aromatic heterocycles. The maximum absolute atomic E-state index is 14.2. The third-order valence-electron chi connectivity index (χ3n) is 6.07. The molecule has 0 N–H and O–H groups in total. The molecule has 0 amide bonds. The van der Waals surface area contributed by atoms with E-state index < -0.39 is 4.92 Å². The smallest absolute Gasteiger partial charge is 0.353 e. The van der Waals surface area contributed by atoms with Crippen LogP contribution in [0.3, 0.4) is 0 Å². The van der Waals surface area contributed by atoms with Gasteiger partial charge in [-0.05, 0) is 19.1 Å². The van der Waals surface area contributed by atoms with Crippen LogP contribution in [-0.2, 0) is 9.53 Å². The number of piperazine rings is 2. The molecule has 2 aromatic rings. The van der Waals surface area contributed by atoms with Crippen molar-refractivity contribution in [3.05, 3.63) is 46.5 Å². The first-order chi connectivity index (χ1) is 16.5. The van der Waals surface area contributed by atoms with Crippen LogP contribution in [0, 0.1) is 15.9 Å². The molecular weight excluding hydrogens is 445 g/mol. The van der Waals surface area contributed by atoms with Gasteiger partial charge in [-0.3, -0.25) is 19.8 Å². The number of carbonyl (C=O) groups excluding carboxylic acids is 1. The number of halogens is 1. The summed E-state index contributed by atoms with van der Waals surface area (Å²) in [5.74, 6) is -0.00594. The lowest BCUT2D eigenvalue weighted by Gasteiger charge is -2.37. The Hall–Kier alpha value is -3.54. The number of hydrogen-bond donors (Lipinski definition) is 0. The molecule has 0 saturated carbocycles. The van der Waals surface area contributed by atoms with E-state index in [0.29, 0.717) is 64.7 Å². The van der Waals surface area contributed by atoms with Gasteiger partial charge in [-0.15, -0.1) is 0 Å². The highest BCUT2D eigenvalue weighted by Gasteiger charge is 2.33. The molecule has 34 heavy (non-hydrogen) atoms. The first kappa shape index (κ1) is 23.6. The van der Waals surface area contributed by atoms with Crippen LogP contribution in [0.1, 0.15) is 6.92 Å². The van der Waals surface area contributed by atoms with Gasteiger partial charge in [-0.1, -0.05) is 12.1 Å². The number of anilines is 3. The Bertz CT molecular complexity index is 1020. The molecule has 182 valence electrons. The first-order valence-electron chi connectivity index (χ1n) is 11.3. The van der Waals surface area contributed by atoms with Crippen LogP contribution < -0.4 is 14.7 Å². The Morgan fingerprint density at radius 3 is 2.12 bits per heavy atom. The van der Waals surface area contributed by atoms with Crippen LogP contribution in [0.25, 0.3) is 0 Å². The SMILES string of the molecule is CCOC(=O)CN1CCN(c2ncnc(N3CCN(c4ccccc4F)CC3)c2[N+](=O)[O-])CC1. The summed E-state index contributed by atoms with van der Waals surface area (Å²) in [5.41, 5.74) is 0.404. The molecule has 12 heteroatoms. The fourth-order valence-electron chi connectivity index (χ4n) is 4.36. The first-order valence-corrected chi connectivity index (χ1v) is 11.3. The molecule has 1 aromatic carbocycles. The van der Waals surface area contributed by atoms with E-state index >= 15 is 0 Å². The van der Waals surface area contributed by atoms with Crippen molar-refractivity contribution in [3.8, 4) is 0 Å². The number of benzene rings is 1. The van der Waals surface area contributed by atoms with Crippen molar-refractivity contribution in [2.24, 2.45) is 0 Å². The Balaban J connectivity index is 1.46. The summed E-state index contributed by atoms with van der Waals surface area (Å²) in [6.07, 6.45) is 1.35. The molecule has 11 nitrogen and oxygen atoms in total. The second-order valence-corrected chi connectivity index (χ2v) is 8.12. The van der Waals surface area contributed by atoms with Gasteiger partial charge in [0, 0.05) is 52.4 Å². The topological polar surface area (TPSA) is 108 Å². The monoisotopic (exact) mass is 473 g/mol. The Morgan fingerprint density at radius 1 is 1.00 bits per heavy atom. The summed E-state index contributed by atoms with van der Waals surface area (Å²) >= 11 is 0. The quantitative estimate of drug-likeness (QED) is 0.334. The highest BCUT2D eigenvalue weighted by molar-refractivity contribution is 5.73. The zero-order valence-corrected chi connectivity index (χ0v) is 19.1. The van der Waals surface area contributed by atoms with Crippen molar-refractivity contribution >= 4 is 29.0 Å². The van der Waals surface area contributed by atoms with E-state index in [1.165, 1.54) is 12.4 Å². The second kappa shape index (κ2) is 10.6. The van der Waals surface area contributed by atoms with Gasteiger partial charge in [-0.25, -0.2) is 14.4 Å². The van der Waals surface area contributed by atoms with Crippen molar-refractivity contribution in [2.75, 3.05) is 80.2 Å². The predicted molar refractivity (Wildman–Crippen MR) is 125 cm³/mol. The third-order valence-corrected chi connectivity index (χ3v) is 6.07. The van der Waals surface area contributed by atoms with E-state index in [9.17, 15) is 19.3 Å². The van der Waals surface area contributed by atoms with Crippen LogP contribution in [-0.4, -0.2) is 91.3 Å². The van der Waals surface area contributed by atoms with Crippen LogP contribution in [0.15, 0.2) is 30.6 Å². The average Bonchev–Trinajstić information content (AvgIpc) is 2.84. The van der Waals surface area contributed by atoms with Gasteiger partial charge in [-0.2, -0.15) is 0 Å². The maximum Gasteiger partial charge on any atom is 0.353 e. The van der Waals surface area contributed by atoms with E-state index in [0.717, 1.165) is 0 Å².